The van der Waals surface area contributed by atoms with Crippen molar-refractivity contribution in [2.45, 2.75) is 31.7 Å². The average molecular weight is 264 g/mol. The number of amides is 1. The Kier molecular flexibility index (Phi) is 3.94. The van der Waals surface area contributed by atoms with Crippen molar-refractivity contribution in [2.75, 3.05) is 5.32 Å². The van der Waals surface area contributed by atoms with E-state index in [1.807, 2.05) is 0 Å². The fraction of sp³-hybridized carbons (Fsp3) is 0.500. The number of carboxylic acids is 1. The van der Waals surface area contributed by atoms with Gasteiger partial charge in [0.1, 0.15) is 5.82 Å². The molecule has 0 spiro atoms. The average Bonchev–Trinajstić information content (AvgIpc) is 2.40. The lowest BCUT2D eigenvalue weighted by molar-refractivity contribution is -0.142. The zero-order valence-corrected chi connectivity index (χ0v) is 10.4. The second-order valence-electron chi connectivity index (χ2n) is 4.70. The van der Waals surface area contributed by atoms with Gasteiger partial charge in [0, 0.05) is 6.04 Å². The fourth-order valence-electron chi connectivity index (χ4n) is 2.23. The molecular weight excluding hydrogens is 248 g/mol. The van der Waals surface area contributed by atoms with Gasteiger partial charge in [-0.15, -0.1) is 10.2 Å². The molecule has 0 radical (unpaired) electrons. The lowest BCUT2D eigenvalue weighted by atomic mass is 9.86. The maximum absolute atomic E-state index is 10.8. The van der Waals surface area contributed by atoms with Gasteiger partial charge in [-0.3, -0.25) is 9.59 Å². The number of carbonyl (C=O) groups excluding carboxylic acids is 1. The molecule has 0 bridgehead atoms. The van der Waals surface area contributed by atoms with E-state index in [0.717, 1.165) is 12.8 Å². The summed E-state index contributed by atoms with van der Waals surface area (Å²) in [6.07, 6.45) is 2.91. The Bertz CT molecular complexity index is 466. The molecular formula is C12H16N4O3. The molecule has 19 heavy (non-hydrogen) atoms. The highest BCUT2D eigenvalue weighted by atomic mass is 16.4. The summed E-state index contributed by atoms with van der Waals surface area (Å²) in [6, 6.07) is 3.36. The first kappa shape index (κ1) is 13.3. The SMILES string of the molecule is NC(=O)c1ccc(NC2CCC(C(=O)O)CC2)nn1. The second-order valence-corrected chi connectivity index (χ2v) is 4.70. The van der Waals surface area contributed by atoms with Crippen LogP contribution in [-0.2, 0) is 4.79 Å². The van der Waals surface area contributed by atoms with Gasteiger partial charge in [0.2, 0.25) is 0 Å². The van der Waals surface area contributed by atoms with Crippen molar-refractivity contribution in [1.82, 2.24) is 10.2 Å². The molecule has 1 amide bonds. The van der Waals surface area contributed by atoms with E-state index in [2.05, 4.69) is 15.5 Å². The first-order valence-electron chi connectivity index (χ1n) is 6.19. The van der Waals surface area contributed by atoms with Crippen LogP contribution in [0.15, 0.2) is 12.1 Å². The van der Waals surface area contributed by atoms with Gasteiger partial charge in [-0.25, -0.2) is 0 Å². The molecule has 7 nitrogen and oxygen atoms in total. The Balaban J connectivity index is 1.88. The van der Waals surface area contributed by atoms with Crippen molar-refractivity contribution in [3.8, 4) is 0 Å². The quantitative estimate of drug-likeness (QED) is 0.734. The molecule has 1 fully saturated rings. The second kappa shape index (κ2) is 5.64. The maximum atomic E-state index is 10.8. The largest absolute Gasteiger partial charge is 0.481 e. The predicted octanol–water partition coefficient (Wildman–Crippen LogP) is 0.631. The third-order valence-electron chi connectivity index (χ3n) is 3.35. The Hall–Kier alpha value is -2.18. The number of carboxylic acid groups (broad SMARTS) is 1. The third kappa shape index (κ3) is 3.40. The molecule has 0 unspecified atom stereocenters. The van der Waals surface area contributed by atoms with E-state index in [0.29, 0.717) is 18.7 Å². The van der Waals surface area contributed by atoms with Crippen LogP contribution in [0.1, 0.15) is 36.2 Å². The molecule has 1 saturated carbocycles. The van der Waals surface area contributed by atoms with Crippen LogP contribution in [0.2, 0.25) is 0 Å². The summed E-state index contributed by atoms with van der Waals surface area (Å²) in [7, 11) is 0. The van der Waals surface area contributed by atoms with Gasteiger partial charge in [-0.05, 0) is 37.8 Å². The molecule has 1 aliphatic rings. The summed E-state index contributed by atoms with van der Waals surface area (Å²) in [5.41, 5.74) is 5.20. The van der Waals surface area contributed by atoms with Crippen molar-refractivity contribution in [3.63, 3.8) is 0 Å². The van der Waals surface area contributed by atoms with Crippen molar-refractivity contribution >= 4 is 17.7 Å². The van der Waals surface area contributed by atoms with E-state index in [-0.39, 0.29) is 17.7 Å². The number of aromatic nitrogens is 2. The van der Waals surface area contributed by atoms with Gasteiger partial charge in [0.05, 0.1) is 5.92 Å². The van der Waals surface area contributed by atoms with Crippen LogP contribution in [0.3, 0.4) is 0 Å². The first-order chi connectivity index (χ1) is 9.06. The summed E-state index contributed by atoms with van der Waals surface area (Å²) >= 11 is 0. The third-order valence-corrected chi connectivity index (χ3v) is 3.35. The summed E-state index contributed by atoms with van der Waals surface area (Å²) in [6.45, 7) is 0. The molecule has 0 aromatic carbocycles. The molecule has 2 rings (SSSR count). The van der Waals surface area contributed by atoms with Crippen LogP contribution in [-0.4, -0.2) is 33.2 Å². The Morgan fingerprint density at radius 3 is 2.37 bits per heavy atom. The number of nitrogens with one attached hydrogen (secondary N) is 1. The van der Waals surface area contributed by atoms with E-state index in [1.54, 1.807) is 6.07 Å². The number of nitrogens with zero attached hydrogens (tertiary/aromatic N) is 2. The van der Waals surface area contributed by atoms with Crippen LogP contribution in [0.5, 0.6) is 0 Å². The normalized spacial score (nSPS) is 22.7. The van der Waals surface area contributed by atoms with Gasteiger partial charge in [-0.1, -0.05) is 0 Å². The Morgan fingerprint density at radius 1 is 1.21 bits per heavy atom. The smallest absolute Gasteiger partial charge is 0.306 e. The molecule has 4 N–H and O–H groups in total. The van der Waals surface area contributed by atoms with Gasteiger partial charge < -0.3 is 16.2 Å². The molecule has 0 aliphatic heterocycles. The summed E-state index contributed by atoms with van der Waals surface area (Å²) in [4.78, 5) is 21.7. The van der Waals surface area contributed by atoms with Crippen molar-refractivity contribution in [3.05, 3.63) is 17.8 Å². The van der Waals surface area contributed by atoms with Crippen LogP contribution in [0, 0.1) is 5.92 Å². The van der Waals surface area contributed by atoms with E-state index < -0.39 is 11.9 Å². The van der Waals surface area contributed by atoms with Gasteiger partial charge in [0.25, 0.3) is 5.91 Å². The van der Waals surface area contributed by atoms with E-state index in [4.69, 9.17) is 10.8 Å². The maximum Gasteiger partial charge on any atom is 0.306 e. The van der Waals surface area contributed by atoms with Crippen molar-refractivity contribution < 1.29 is 14.7 Å². The standard InChI is InChI=1S/C12H16N4O3/c13-11(17)9-5-6-10(16-15-9)14-8-3-1-7(2-4-8)12(18)19/h5-8H,1-4H2,(H2,13,17)(H,14,16)(H,18,19). The van der Waals surface area contributed by atoms with Crippen molar-refractivity contribution in [1.29, 1.82) is 0 Å². The number of nitrogens with two attached hydrogens (primary N) is 1. The van der Waals surface area contributed by atoms with Crippen LogP contribution in [0.25, 0.3) is 0 Å². The molecule has 0 atom stereocenters. The molecule has 1 heterocycles. The number of aliphatic carboxylic acids is 1. The highest BCUT2D eigenvalue weighted by molar-refractivity contribution is 5.90. The zero-order valence-electron chi connectivity index (χ0n) is 10.4. The molecule has 1 aromatic heterocycles. The monoisotopic (exact) mass is 264 g/mol. The lowest BCUT2D eigenvalue weighted by Crippen LogP contribution is -2.29. The van der Waals surface area contributed by atoms with Crippen molar-refractivity contribution in [2.24, 2.45) is 11.7 Å². The van der Waals surface area contributed by atoms with Gasteiger partial charge in [0.15, 0.2) is 5.69 Å². The molecule has 1 aliphatic carbocycles. The zero-order chi connectivity index (χ0) is 13.8. The number of rotatable bonds is 4. The number of hydrogen-bond donors (Lipinski definition) is 3. The highest BCUT2D eigenvalue weighted by Gasteiger charge is 2.25. The number of hydrogen-bond acceptors (Lipinski definition) is 5. The lowest BCUT2D eigenvalue weighted by Gasteiger charge is -2.26. The van der Waals surface area contributed by atoms with Crippen LogP contribution < -0.4 is 11.1 Å². The minimum atomic E-state index is -0.718. The van der Waals surface area contributed by atoms with Gasteiger partial charge in [-0.2, -0.15) is 0 Å². The topological polar surface area (TPSA) is 118 Å². The fourth-order valence-corrected chi connectivity index (χ4v) is 2.23. The predicted molar refractivity (Wildman–Crippen MR) is 67.6 cm³/mol. The van der Waals surface area contributed by atoms with E-state index >= 15 is 0 Å². The molecule has 102 valence electrons. The summed E-state index contributed by atoms with van der Waals surface area (Å²) in [5.74, 6) is -0.991. The number of primary amides is 1. The molecule has 0 saturated heterocycles. The molecule has 7 heteroatoms. The minimum Gasteiger partial charge on any atom is -0.481 e. The number of anilines is 1. The highest BCUT2D eigenvalue weighted by Crippen LogP contribution is 2.26. The summed E-state index contributed by atoms with van der Waals surface area (Å²) in [5, 5.41) is 19.7. The first-order valence-corrected chi connectivity index (χ1v) is 6.19. The van der Waals surface area contributed by atoms with Crippen LogP contribution in [0.4, 0.5) is 5.82 Å². The number of carbonyl (C=O) groups is 2. The van der Waals surface area contributed by atoms with Gasteiger partial charge >= 0.3 is 5.97 Å². The summed E-state index contributed by atoms with van der Waals surface area (Å²) < 4.78 is 0. The minimum absolute atomic E-state index is 0.125. The Labute approximate surface area is 110 Å². The molecule has 1 aromatic rings. The van der Waals surface area contributed by atoms with E-state index in [9.17, 15) is 9.59 Å². The van der Waals surface area contributed by atoms with Crippen LogP contribution >= 0.6 is 0 Å². The van der Waals surface area contributed by atoms with E-state index in [1.165, 1.54) is 6.07 Å². The Morgan fingerprint density at radius 2 is 1.89 bits per heavy atom.